The number of carboxylic acids is 1. The fraction of sp³-hybridized carbons (Fsp3) is 0.258. The molecule has 6 nitrogen and oxygen atoms in total. The minimum atomic E-state index is -1.23. The molecule has 3 aromatic rings. The molecule has 2 aliphatic rings. The number of anilines is 1. The minimum absolute atomic E-state index is 0.0587. The zero-order valence-corrected chi connectivity index (χ0v) is 20.7. The Morgan fingerprint density at radius 2 is 1.70 bits per heavy atom. The monoisotopic (exact) mass is 493 g/mol. The first-order chi connectivity index (χ1) is 18.0. The van der Waals surface area contributed by atoms with Crippen molar-refractivity contribution in [1.29, 1.82) is 0 Å². The summed E-state index contributed by atoms with van der Waals surface area (Å²) in [5.74, 6) is -1.25. The van der Waals surface area contributed by atoms with Gasteiger partial charge >= 0.3 is 5.97 Å². The largest absolute Gasteiger partial charge is 0.479 e. The van der Waals surface area contributed by atoms with Crippen molar-refractivity contribution >= 4 is 23.3 Å². The molecular formula is C31H31N3O3. The lowest BCUT2D eigenvalue weighted by atomic mass is 9.99. The Balaban J connectivity index is 1.46. The molecule has 2 N–H and O–H groups in total. The van der Waals surface area contributed by atoms with E-state index in [0.717, 1.165) is 31.5 Å². The van der Waals surface area contributed by atoms with E-state index in [9.17, 15) is 14.7 Å². The summed E-state index contributed by atoms with van der Waals surface area (Å²) in [6.45, 7) is 5.39. The average Bonchev–Trinajstić information content (AvgIpc) is 3.47. The zero-order valence-electron chi connectivity index (χ0n) is 20.7. The van der Waals surface area contributed by atoms with Crippen molar-refractivity contribution in [2.24, 2.45) is 10.9 Å². The molecule has 188 valence electrons. The molecule has 3 aromatic carbocycles. The number of aliphatic imine (C=N–C) groups is 1. The van der Waals surface area contributed by atoms with Crippen molar-refractivity contribution in [3.63, 3.8) is 0 Å². The topological polar surface area (TPSA) is 82.0 Å². The van der Waals surface area contributed by atoms with Crippen LogP contribution in [-0.2, 0) is 16.1 Å². The van der Waals surface area contributed by atoms with Gasteiger partial charge in [-0.05, 0) is 37.4 Å². The van der Waals surface area contributed by atoms with E-state index in [-0.39, 0.29) is 17.9 Å². The third kappa shape index (κ3) is 5.11. The SMILES string of the molecule is C=CC1C[C@]1(N=C(c1ccccc1)c1ccccc1NC(=O)[C@@H]1CCCN1Cc1ccccc1)C(=O)O. The third-order valence-electron chi connectivity index (χ3n) is 7.33. The quantitative estimate of drug-likeness (QED) is 0.319. The first-order valence-electron chi connectivity index (χ1n) is 12.7. The van der Waals surface area contributed by atoms with Gasteiger partial charge in [0.25, 0.3) is 0 Å². The maximum absolute atomic E-state index is 13.5. The molecule has 0 spiro atoms. The number of amides is 1. The number of benzene rings is 3. The molecular weight excluding hydrogens is 462 g/mol. The average molecular weight is 494 g/mol. The van der Waals surface area contributed by atoms with E-state index in [4.69, 9.17) is 4.99 Å². The lowest BCUT2D eigenvalue weighted by Gasteiger charge is -2.24. The summed E-state index contributed by atoms with van der Waals surface area (Å²) in [6.07, 6.45) is 3.83. The number of rotatable bonds is 9. The number of likely N-dealkylation sites (tertiary alicyclic amines) is 1. The Hall–Kier alpha value is -4.03. The van der Waals surface area contributed by atoms with Crippen molar-refractivity contribution in [1.82, 2.24) is 4.90 Å². The van der Waals surface area contributed by atoms with E-state index < -0.39 is 11.5 Å². The second kappa shape index (κ2) is 10.5. The van der Waals surface area contributed by atoms with Crippen LogP contribution in [0.4, 0.5) is 5.69 Å². The summed E-state index contributed by atoms with van der Waals surface area (Å²) in [5.41, 5.74) is 2.62. The molecule has 3 atom stereocenters. The molecule has 1 aliphatic heterocycles. The highest BCUT2D eigenvalue weighted by molar-refractivity contribution is 6.18. The van der Waals surface area contributed by atoms with Crippen molar-refractivity contribution in [3.05, 3.63) is 114 Å². The molecule has 1 aliphatic carbocycles. The van der Waals surface area contributed by atoms with Gasteiger partial charge in [-0.15, -0.1) is 6.58 Å². The van der Waals surface area contributed by atoms with E-state index in [1.165, 1.54) is 5.56 Å². The fourth-order valence-electron chi connectivity index (χ4n) is 5.20. The standard InChI is InChI=1S/C31H31N3O3/c1-2-24-20-31(24,30(36)37)33-28(23-14-7-4-8-15-23)25-16-9-10-17-26(25)32-29(35)27-18-11-19-34(27)21-22-12-5-3-6-13-22/h2-10,12-17,24,27H,1,11,18-21H2,(H,32,35)(H,36,37)/t24?,27-,31+/m0/s1. The molecule has 6 heteroatoms. The number of nitrogens with one attached hydrogen (secondary N) is 1. The Labute approximate surface area is 217 Å². The van der Waals surface area contributed by atoms with E-state index in [1.54, 1.807) is 6.08 Å². The molecule has 1 amide bonds. The Morgan fingerprint density at radius 3 is 2.38 bits per heavy atom. The highest BCUT2D eigenvalue weighted by Crippen LogP contribution is 2.49. The van der Waals surface area contributed by atoms with Gasteiger partial charge < -0.3 is 10.4 Å². The number of carboxylic acid groups (broad SMARTS) is 1. The predicted molar refractivity (Wildman–Crippen MR) is 146 cm³/mol. The first kappa shape index (κ1) is 24.7. The summed E-state index contributed by atoms with van der Waals surface area (Å²) in [5, 5.41) is 13.2. The summed E-state index contributed by atoms with van der Waals surface area (Å²) >= 11 is 0. The highest BCUT2D eigenvalue weighted by Gasteiger charge is 2.60. The van der Waals surface area contributed by atoms with Crippen LogP contribution in [0, 0.1) is 5.92 Å². The fourth-order valence-corrected chi connectivity index (χ4v) is 5.20. The summed E-state index contributed by atoms with van der Waals surface area (Å²) in [7, 11) is 0. The summed E-state index contributed by atoms with van der Waals surface area (Å²) in [6, 6.07) is 27.0. The summed E-state index contributed by atoms with van der Waals surface area (Å²) < 4.78 is 0. The van der Waals surface area contributed by atoms with Crippen LogP contribution in [0.5, 0.6) is 0 Å². The van der Waals surface area contributed by atoms with Gasteiger partial charge in [-0.1, -0.05) is 84.9 Å². The summed E-state index contributed by atoms with van der Waals surface area (Å²) in [4.78, 5) is 32.8. The smallest absolute Gasteiger partial charge is 0.332 e. The molecule has 2 fully saturated rings. The molecule has 1 saturated carbocycles. The second-order valence-electron chi connectivity index (χ2n) is 9.75. The van der Waals surface area contributed by atoms with Gasteiger partial charge in [0.05, 0.1) is 17.4 Å². The van der Waals surface area contributed by atoms with Crippen LogP contribution < -0.4 is 5.32 Å². The molecule has 0 radical (unpaired) electrons. The number of hydrogen-bond donors (Lipinski definition) is 2. The lowest BCUT2D eigenvalue weighted by Crippen LogP contribution is -2.39. The van der Waals surface area contributed by atoms with Crippen LogP contribution in [0.15, 0.2) is 103 Å². The van der Waals surface area contributed by atoms with E-state index in [1.807, 2.05) is 72.8 Å². The van der Waals surface area contributed by atoms with Gasteiger partial charge in [0.1, 0.15) is 0 Å². The second-order valence-corrected chi connectivity index (χ2v) is 9.75. The zero-order chi connectivity index (χ0) is 25.8. The van der Waals surface area contributed by atoms with Crippen LogP contribution in [0.3, 0.4) is 0 Å². The maximum atomic E-state index is 13.5. The van der Waals surface area contributed by atoms with Gasteiger partial charge in [0, 0.05) is 23.6 Å². The number of carbonyl (C=O) groups is 2. The number of aliphatic carboxylic acids is 1. The third-order valence-corrected chi connectivity index (χ3v) is 7.33. The van der Waals surface area contributed by atoms with Gasteiger partial charge in [-0.3, -0.25) is 14.7 Å². The maximum Gasteiger partial charge on any atom is 0.332 e. The van der Waals surface area contributed by atoms with E-state index in [2.05, 4.69) is 28.9 Å². The number of nitrogens with zero attached hydrogens (tertiary/aromatic N) is 2. The van der Waals surface area contributed by atoms with E-state index >= 15 is 0 Å². The van der Waals surface area contributed by atoms with Crippen molar-refractivity contribution in [2.45, 2.75) is 37.4 Å². The van der Waals surface area contributed by atoms with Gasteiger partial charge in [0.2, 0.25) is 5.91 Å². The number of hydrogen-bond acceptors (Lipinski definition) is 4. The number of para-hydroxylation sites is 1. The molecule has 0 bridgehead atoms. The highest BCUT2D eigenvalue weighted by atomic mass is 16.4. The van der Waals surface area contributed by atoms with Crippen LogP contribution in [0.2, 0.25) is 0 Å². The van der Waals surface area contributed by atoms with E-state index in [0.29, 0.717) is 23.4 Å². The normalized spacial score (nSPS) is 23.4. The molecule has 1 saturated heterocycles. The van der Waals surface area contributed by atoms with Crippen LogP contribution in [0.1, 0.15) is 36.0 Å². The van der Waals surface area contributed by atoms with Gasteiger partial charge in [-0.25, -0.2) is 4.79 Å². The van der Waals surface area contributed by atoms with Crippen molar-refractivity contribution in [3.8, 4) is 0 Å². The van der Waals surface area contributed by atoms with Gasteiger partial charge in [-0.2, -0.15) is 0 Å². The molecule has 0 aromatic heterocycles. The first-order valence-corrected chi connectivity index (χ1v) is 12.7. The Bertz CT molecular complexity index is 1320. The lowest BCUT2D eigenvalue weighted by molar-refractivity contribution is -0.139. The molecule has 5 rings (SSSR count). The van der Waals surface area contributed by atoms with Crippen LogP contribution in [-0.4, -0.2) is 45.7 Å². The molecule has 1 unspecified atom stereocenters. The number of carbonyl (C=O) groups excluding carboxylic acids is 1. The van der Waals surface area contributed by atoms with Gasteiger partial charge in [0.15, 0.2) is 5.54 Å². The Kier molecular flexibility index (Phi) is 7.01. The van der Waals surface area contributed by atoms with Crippen molar-refractivity contribution < 1.29 is 14.7 Å². The predicted octanol–water partition coefficient (Wildman–Crippen LogP) is 5.16. The molecule has 1 heterocycles. The van der Waals surface area contributed by atoms with Crippen LogP contribution >= 0.6 is 0 Å². The van der Waals surface area contributed by atoms with Crippen molar-refractivity contribution in [2.75, 3.05) is 11.9 Å². The van der Waals surface area contributed by atoms with Crippen LogP contribution in [0.25, 0.3) is 0 Å². The Morgan fingerprint density at radius 1 is 1.03 bits per heavy atom. The minimum Gasteiger partial charge on any atom is -0.479 e. The molecule has 37 heavy (non-hydrogen) atoms.